The number of rotatable bonds is 7. The SMILES string of the molecule is CC(C)C(O)CCCC1CCC2C3CC=C4CC(OSI)CCC4(C)C3CCC12C. The maximum atomic E-state index is 10.2. The van der Waals surface area contributed by atoms with Gasteiger partial charge in [-0.2, -0.15) is 0 Å². The Bertz CT molecular complexity index is 637. The highest BCUT2D eigenvalue weighted by Gasteiger charge is 2.58. The second-order valence-corrected chi connectivity index (χ2v) is 13.2. The standard InChI is InChI=1S/C26H43IO2S/c1-17(2)24(28)7-5-6-18-9-11-22-21-10-8-19-16-20(29-30-27)12-14-26(19,4)23(21)13-15-25(18,22)3/h8,17-18,20-24,28H,5-7,9-16H2,1-4H3. The predicted molar refractivity (Wildman–Crippen MR) is 136 cm³/mol. The van der Waals surface area contributed by atoms with Crippen LogP contribution in [0.4, 0.5) is 0 Å². The first kappa shape index (κ1) is 23.9. The molecule has 4 aliphatic rings. The van der Waals surface area contributed by atoms with Crippen LogP contribution >= 0.6 is 30.4 Å². The molecular formula is C26H43IO2S. The van der Waals surface area contributed by atoms with Gasteiger partial charge in [-0.1, -0.05) is 45.8 Å². The van der Waals surface area contributed by atoms with E-state index in [1.807, 2.05) is 0 Å². The molecule has 0 radical (unpaired) electrons. The van der Waals surface area contributed by atoms with Crippen LogP contribution in [0, 0.1) is 40.4 Å². The Labute approximate surface area is 201 Å². The molecule has 1 N–H and O–H groups in total. The fourth-order valence-electron chi connectivity index (χ4n) is 8.25. The van der Waals surface area contributed by atoms with Crippen molar-refractivity contribution in [1.82, 2.24) is 0 Å². The maximum absolute atomic E-state index is 10.2. The average Bonchev–Trinajstić information content (AvgIpc) is 3.05. The van der Waals surface area contributed by atoms with Crippen LogP contribution in [0.15, 0.2) is 11.6 Å². The minimum Gasteiger partial charge on any atom is -0.393 e. The van der Waals surface area contributed by atoms with E-state index in [2.05, 4.69) is 55.0 Å². The Balaban J connectivity index is 1.43. The summed E-state index contributed by atoms with van der Waals surface area (Å²) in [6.07, 6.45) is 17.3. The van der Waals surface area contributed by atoms with Gasteiger partial charge < -0.3 is 9.29 Å². The smallest absolute Gasteiger partial charge is 0.0769 e. The van der Waals surface area contributed by atoms with Crippen LogP contribution in [0.25, 0.3) is 0 Å². The molecule has 0 aromatic carbocycles. The number of halogens is 1. The van der Waals surface area contributed by atoms with Crippen LogP contribution < -0.4 is 0 Å². The van der Waals surface area contributed by atoms with Crippen LogP contribution in [-0.4, -0.2) is 17.3 Å². The highest BCUT2D eigenvalue weighted by molar-refractivity contribution is 14.2. The first-order valence-corrected chi connectivity index (χ1v) is 15.9. The van der Waals surface area contributed by atoms with Gasteiger partial charge in [-0.3, -0.25) is 0 Å². The van der Waals surface area contributed by atoms with Gasteiger partial charge in [0.15, 0.2) is 0 Å². The largest absolute Gasteiger partial charge is 0.393 e. The van der Waals surface area contributed by atoms with Gasteiger partial charge in [-0.15, -0.1) is 0 Å². The van der Waals surface area contributed by atoms with Crippen LogP contribution in [0.5, 0.6) is 0 Å². The maximum Gasteiger partial charge on any atom is 0.0769 e. The predicted octanol–water partition coefficient (Wildman–Crippen LogP) is 8.14. The number of hydrogen-bond acceptors (Lipinski definition) is 3. The van der Waals surface area contributed by atoms with E-state index < -0.39 is 0 Å². The topological polar surface area (TPSA) is 29.5 Å². The summed E-state index contributed by atoms with van der Waals surface area (Å²) in [6, 6.07) is 0. The van der Waals surface area contributed by atoms with Gasteiger partial charge in [0.2, 0.25) is 0 Å². The van der Waals surface area contributed by atoms with E-state index in [9.17, 15) is 5.11 Å². The minimum absolute atomic E-state index is 0.114. The molecule has 3 fully saturated rings. The van der Waals surface area contributed by atoms with E-state index in [1.54, 1.807) is 5.57 Å². The molecule has 0 aliphatic heterocycles. The Kier molecular flexibility index (Phi) is 7.60. The molecule has 8 atom stereocenters. The van der Waals surface area contributed by atoms with Crippen molar-refractivity contribution >= 4 is 30.4 Å². The molecule has 4 aliphatic carbocycles. The molecular weight excluding hydrogens is 503 g/mol. The highest BCUT2D eigenvalue weighted by atomic mass is 127. The van der Waals surface area contributed by atoms with Crippen molar-refractivity contribution in [3.63, 3.8) is 0 Å². The van der Waals surface area contributed by atoms with Gasteiger partial charge in [0.1, 0.15) is 0 Å². The lowest BCUT2D eigenvalue weighted by Gasteiger charge is -2.58. The lowest BCUT2D eigenvalue weighted by Crippen LogP contribution is -2.50. The second kappa shape index (κ2) is 9.54. The molecule has 172 valence electrons. The van der Waals surface area contributed by atoms with Gasteiger partial charge >= 0.3 is 0 Å². The molecule has 2 nitrogen and oxygen atoms in total. The third-order valence-electron chi connectivity index (χ3n) is 10.2. The lowest BCUT2D eigenvalue weighted by atomic mass is 9.47. The molecule has 0 heterocycles. The van der Waals surface area contributed by atoms with E-state index in [-0.39, 0.29) is 6.10 Å². The van der Waals surface area contributed by atoms with Gasteiger partial charge in [-0.25, -0.2) is 0 Å². The van der Waals surface area contributed by atoms with Crippen molar-refractivity contribution < 1.29 is 9.29 Å². The van der Waals surface area contributed by atoms with E-state index in [1.165, 1.54) is 73.4 Å². The first-order chi connectivity index (χ1) is 14.3. The zero-order chi connectivity index (χ0) is 21.5. The van der Waals surface area contributed by atoms with Crippen molar-refractivity contribution in [2.75, 3.05) is 0 Å². The van der Waals surface area contributed by atoms with E-state index in [4.69, 9.17) is 4.18 Å². The Hall–Kier alpha value is 0.740. The Morgan fingerprint density at radius 1 is 1.17 bits per heavy atom. The van der Waals surface area contributed by atoms with Crippen molar-refractivity contribution in [3.8, 4) is 0 Å². The third kappa shape index (κ3) is 4.30. The number of hydrogen-bond donors (Lipinski definition) is 1. The van der Waals surface area contributed by atoms with Crippen molar-refractivity contribution in [2.24, 2.45) is 40.4 Å². The lowest BCUT2D eigenvalue weighted by molar-refractivity contribution is -0.0487. The molecule has 0 saturated heterocycles. The summed E-state index contributed by atoms with van der Waals surface area (Å²) in [5.74, 6) is 3.99. The van der Waals surface area contributed by atoms with Crippen molar-refractivity contribution in [3.05, 3.63) is 11.6 Å². The average molecular weight is 547 g/mol. The van der Waals surface area contributed by atoms with E-state index in [0.717, 1.165) is 30.1 Å². The summed E-state index contributed by atoms with van der Waals surface area (Å²) in [6.45, 7) is 9.54. The normalized spacial score (nSPS) is 44.2. The summed E-state index contributed by atoms with van der Waals surface area (Å²) < 4.78 is 5.93. The first-order valence-electron chi connectivity index (χ1n) is 12.6. The second-order valence-electron chi connectivity index (χ2n) is 11.8. The summed E-state index contributed by atoms with van der Waals surface area (Å²) in [7, 11) is 1.52. The number of aliphatic hydroxyl groups excluding tert-OH is 1. The van der Waals surface area contributed by atoms with E-state index in [0.29, 0.717) is 22.9 Å². The number of allylic oxidation sites excluding steroid dienone is 1. The van der Waals surface area contributed by atoms with Gasteiger partial charge in [-0.05, 0) is 105 Å². The number of fused-ring (bicyclic) bond motifs is 5. The molecule has 4 rings (SSSR count). The van der Waals surface area contributed by atoms with Gasteiger partial charge in [0, 0.05) is 21.2 Å². The zero-order valence-corrected chi connectivity index (χ0v) is 22.5. The van der Waals surface area contributed by atoms with Gasteiger partial charge in [0.25, 0.3) is 0 Å². The molecule has 3 saturated carbocycles. The fourth-order valence-corrected chi connectivity index (χ4v) is 9.40. The summed E-state index contributed by atoms with van der Waals surface area (Å²) in [5, 5.41) is 10.2. The fraction of sp³-hybridized carbons (Fsp3) is 0.923. The van der Waals surface area contributed by atoms with Gasteiger partial charge in [0.05, 0.1) is 21.4 Å². The minimum atomic E-state index is -0.114. The quantitative estimate of drug-likeness (QED) is 0.199. The summed E-state index contributed by atoms with van der Waals surface area (Å²) in [5.41, 5.74) is 2.70. The summed E-state index contributed by atoms with van der Waals surface area (Å²) >= 11 is 2.27. The molecule has 0 aromatic heterocycles. The summed E-state index contributed by atoms with van der Waals surface area (Å²) in [4.78, 5) is 0. The van der Waals surface area contributed by atoms with Crippen molar-refractivity contribution in [2.45, 2.75) is 111 Å². The molecule has 4 heteroatoms. The molecule has 0 amide bonds. The monoisotopic (exact) mass is 546 g/mol. The Morgan fingerprint density at radius 2 is 1.97 bits per heavy atom. The molecule has 30 heavy (non-hydrogen) atoms. The number of aliphatic hydroxyl groups is 1. The molecule has 8 unspecified atom stereocenters. The molecule has 0 bridgehead atoms. The van der Waals surface area contributed by atoms with Crippen LogP contribution in [0.2, 0.25) is 0 Å². The van der Waals surface area contributed by atoms with Crippen LogP contribution in [0.3, 0.4) is 0 Å². The van der Waals surface area contributed by atoms with Crippen molar-refractivity contribution in [1.29, 1.82) is 0 Å². The third-order valence-corrected chi connectivity index (χ3v) is 11.2. The zero-order valence-electron chi connectivity index (χ0n) is 19.5. The van der Waals surface area contributed by atoms with Crippen LogP contribution in [-0.2, 0) is 4.18 Å². The van der Waals surface area contributed by atoms with E-state index >= 15 is 0 Å². The molecule has 0 aromatic rings. The van der Waals surface area contributed by atoms with Crippen LogP contribution in [0.1, 0.15) is 98.3 Å². The molecule has 0 spiro atoms. The highest BCUT2D eigenvalue weighted by Crippen LogP contribution is 2.66. The Morgan fingerprint density at radius 3 is 2.70 bits per heavy atom.